The molecule has 0 aromatic heterocycles. The third-order valence-electron chi connectivity index (χ3n) is 2.26. The molecule has 1 atom stereocenters. The maximum atomic E-state index is 10.0. The van der Waals surface area contributed by atoms with E-state index in [1.54, 1.807) is 0 Å². The third-order valence-corrected chi connectivity index (χ3v) is 2.50. The van der Waals surface area contributed by atoms with Crippen molar-refractivity contribution in [3.05, 3.63) is 34.9 Å². The maximum Gasteiger partial charge on any atom is 0.0659 e. The molecule has 1 rings (SSSR count). The van der Waals surface area contributed by atoms with Crippen LogP contribution in [-0.2, 0) is 6.42 Å². The van der Waals surface area contributed by atoms with E-state index < -0.39 is 5.60 Å². The Bertz CT molecular complexity index is 294. The molecule has 0 fully saturated rings. The summed E-state index contributed by atoms with van der Waals surface area (Å²) in [6.45, 7) is 3.95. The van der Waals surface area contributed by atoms with E-state index in [0.717, 1.165) is 23.4 Å². The van der Waals surface area contributed by atoms with Crippen molar-refractivity contribution >= 4 is 11.6 Å². The Morgan fingerprint density at radius 2 is 2.14 bits per heavy atom. The molecule has 0 aliphatic heterocycles. The average Bonchev–Trinajstić information content (AvgIpc) is 2.02. The minimum Gasteiger partial charge on any atom is -0.390 e. The first-order valence-corrected chi connectivity index (χ1v) is 5.38. The fraction of sp³-hybridized carbons (Fsp3) is 0.500. The molecule has 1 aromatic rings. The third kappa shape index (κ3) is 3.69. The van der Waals surface area contributed by atoms with Gasteiger partial charge in [0.1, 0.15) is 0 Å². The second-order valence-electron chi connectivity index (χ2n) is 4.05. The molecule has 14 heavy (non-hydrogen) atoms. The van der Waals surface area contributed by atoms with Crippen molar-refractivity contribution in [1.29, 1.82) is 0 Å². The fourth-order valence-electron chi connectivity index (χ4n) is 1.71. The summed E-state index contributed by atoms with van der Waals surface area (Å²) in [6, 6.07) is 7.67. The van der Waals surface area contributed by atoms with Crippen LogP contribution in [0.15, 0.2) is 24.3 Å². The first-order valence-electron chi connectivity index (χ1n) is 5.00. The molecule has 0 amide bonds. The molecule has 0 spiro atoms. The van der Waals surface area contributed by atoms with Crippen LogP contribution < -0.4 is 0 Å². The van der Waals surface area contributed by atoms with Crippen LogP contribution in [0.5, 0.6) is 0 Å². The van der Waals surface area contributed by atoms with Gasteiger partial charge >= 0.3 is 0 Å². The maximum absolute atomic E-state index is 10.0. The molecule has 0 radical (unpaired) electrons. The molecule has 0 saturated heterocycles. The number of benzene rings is 1. The summed E-state index contributed by atoms with van der Waals surface area (Å²) in [6.07, 6.45) is 2.48. The highest BCUT2D eigenvalue weighted by Crippen LogP contribution is 2.20. The normalized spacial score (nSPS) is 15.1. The van der Waals surface area contributed by atoms with Crippen molar-refractivity contribution in [1.82, 2.24) is 0 Å². The average molecular weight is 213 g/mol. The first kappa shape index (κ1) is 11.5. The van der Waals surface area contributed by atoms with Crippen molar-refractivity contribution in [2.45, 2.75) is 38.7 Å². The molecular weight excluding hydrogens is 196 g/mol. The molecule has 2 heteroatoms. The van der Waals surface area contributed by atoms with E-state index in [0.29, 0.717) is 6.42 Å². The Morgan fingerprint density at radius 1 is 1.43 bits per heavy atom. The summed E-state index contributed by atoms with van der Waals surface area (Å²) in [5.41, 5.74) is 0.482. The lowest BCUT2D eigenvalue weighted by Gasteiger charge is -2.22. The molecule has 0 aliphatic rings. The van der Waals surface area contributed by atoms with Crippen LogP contribution in [0.4, 0.5) is 0 Å². The summed E-state index contributed by atoms with van der Waals surface area (Å²) in [5.74, 6) is 0. The topological polar surface area (TPSA) is 20.2 Å². The van der Waals surface area contributed by atoms with Gasteiger partial charge in [-0.1, -0.05) is 37.1 Å². The van der Waals surface area contributed by atoms with Crippen LogP contribution in [0.25, 0.3) is 0 Å². The highest BCUT2D eigenvalue weighted by atomic mass is 35.5. The van der Waals surface area contributed by atoms with Gasteiger partial charge in [0.05, 0.1) is 5.60 Å². The summed E-state index contributed by atoms with van der Waals surface area (Å²) in [5, 5.41) is 10.7. The zero-order valence-electron chi connectivity index (χ0n) is 8.76. The Morgan fingerprint density at radius 3 is 2.71 bits per heavy atom. The van der Waals surface area contributed by atoms with Crippen LogP contribution >= 0.6 is 11.6 Å². The van der Waals surface area contributed by atoms with E-state index in [9.17, 15) is 5.11 Å². The zero-order valence-corrected chi connectivity index (χ0v) is 9.51. The van der Waals surface area contributed by atoms with Crippen LogP contribution in [-0.4, -0.2) is 10.7 Å². The quantitative estimate of drug-likeness (QED) is 0.811. The standard InChI is InChI=1S/C12H17ClO/c1-3-7-12(2,14)9-10-5-4-6-11(13)8-10/h4-6,8,14H,3,7,9H2,1-2H3. The molecule has 0 heterocycles. The van der Waals surface area contributed by atoms with Crippen LogP contribution in [0.1, 0.15) is 32.3 Å². The molecule has 78 valence electrons. The SMILES string of the molecule is CCCC(C)(O)Cc1cccc(Cl)c1. The van der Waals surface area contributed by atoms with E-state index >= 15 is 0 Å². The number of rotatable bonds is 4. The number of hydrogen-bond donors (Lipinski definition) is 1. The number of hydrogen-bond acceptors (Lipinski definition) is 1. The zero-order chi connectivity index (χ0) is 10.6. The molecule has 0 aliphatic carbocycles. The highest BCUT2D eigenvalue weighted by Gasteiger charge is 2.19. The molecule has 1 aromatic carbocycles. The lowest BCUT2D eigenvalue weighted by Crippen LogP contribution is -2.26. The van der Waals surface area contributed by atoms with Gasteiger partial charge in [-0.3, -0.25) is 0 Å². The second-order valence-corrected chi connectivity index (χ2v) is 4.49. The van der Waals surface area contributed by atoms with Crippen LogP contribution in [0.2, 0.25) is 5.02 Å². The lowest BCUT2D eigenvalue weighted by molar-refractivity contribution is 0.0505. The van der Waals surface area contributed by atoms with Gasteiger partial charge in [0.2, 0.25) is 0 Å². The van der Waals surface area contributed by atoms with E-state index in [2.05, 4.69) is 6.92 Å². The number of aliphatic hydroxyl groups is 1. The minimum atomic E-state index is -0.612. The van der Waals surface area contributed by atoms with Crippen molar-refractivity contribution in [3.8, 4) is 0 Å². The smallest absolute Gasteiger partial charge is 0.0659 e. The van der Waals surface area contributed by atoms with Gasteiger partial charge < -0.3 is 5.11 Å². The van der Waals surface area contributed by atoms with Gasteiger partial charge in [-0.2, -0.15) is 0 Å². The van der Waals surface area contributed by atoms with Gasteiger partial charge in [-0.05, 0) is 31.0 Å². The second kappa shape index (κ2) is 4.81. The predicted molar refractivity (Wildman–Crippen MR) is 60.7 cm³/mol. The van der Waals surface area contributed by atoms with Crippen molar-refractivity contribution in [3.63, 3.8) is 0 Å². The Kier molecular flexibility index (Phi) is 3.97. The molecule has 1 nitrogen and oxygen atoms in total. The summed E-state index contributed by atoms with van der Waals surface area (Å²) >= 11 is 5.87. The van der Waals surface area contributed by atoms with Gasteiger partial charge in [-0.25, -0.2) is 0 Å². The fourth-order valence-corrected chi connectivity index (χ4v) is 1.93. The summed E-state index contributed by atoms with van der Waals surface area (Å²) in [4.78, 5) is 0. The minimum absolute atomic E-state index is 0.612. The monoisotopic (exact) mass is 212 g/mol. The van der Waals surface area contributed by atoms with Crippen molar-refractivity contribution in [2.75, 3.05) is 0 Å². The van der Waals surface area contributed by atoms with Gasteiger partial charge in [0.25, 0.3) is 0 Å². The first-order chi connectivity index (χ1) is 6.53. The Balaban J connectivity index is 2.68. The number of halogens is 1. The van der Waals surface area contributed by atoms with E-state index in [1.165, 1.54) is 0 Å². The highest BCUT2D eigenvalue weighted by molar-refractivity contribution is 6.30. The predicted octanol–water partition coefficient (Wildman–Crippen LogP) is 3.43. The van der Waals surface area contributed by atoms with Gasteiger partial charge in [0, 0.05) is 11.4 Å². The summed E-state index contributed by atoms with van der Waals surface area (Å²) in [7, 11) is 0. The Labute approximate surface area is 90.7 Å². The lowest BCUT2D eigenvalue weighted by atomic mass is 9.92. The van der Waals surface area contributed by atoms with Gasteiger partial charge in [0.15, 0.2) is 0 Å². The Hall–Kier alpha value is -0.530. The largest absolute Gasteiger partial charge is 0.390 e. The molecular formula is C12H17ClO. The molecule has 1 N–H and O–H groups in total. The van der Waals surface area contributed by atoms with Crippen LogP contribution in [0, 0.1) is 0 Å². The molecule has 0 saturated carbocycles. The van der Waals surface area contributed by atoms with E-state index in [-0.39, 0.29) is 0 Å². The summed E-state index contributed by atoms with van der Waals surface area (Å²) < 4.78 is 0. The van der Waals surface area contributed by atoms with Crippen molar-refractivity contribution < 1.29 is 5.11 Å². The van der Waals surface area contributed by atoms with E-state index in [1.807, 2.05) is 31.2 Å². The van der Waals surface area contributed by atoms with Crippen molar-refractivity contribution in [2.24, 2.45) is 0 Å². The molecule has 0 bridgehead atoms. The molecule has 1 unspecified atom stereocenters. The van der Waals surface area contributed by atoms with Gasteiger partial charge in [-0.15, -0.1) is 0 Å². The van der Waals surface area contributed by atoms with E-state index in [4.69, 9.17) is 11.6 Å². The van der Waals surface area contributed by atoms with Crippen LogP contribution in [0.3, 0.4) is 0 Å².